The maximum absolute atomic E-state index is 14.4. The number of aromatic amines is 2. The van der Waals surface area contributed by atoms with Crippen molar-refractivity contribution in [1.29, 1.82) is 0 Å². The normalized spacial score (nSPS) is 23.1. The zero-order valence-electron chi connectivity index (χ0n) is 53.5. The fourth-order valence-corrected chi connectivity index (χ4v) is 15.1. The molecule has 6 aliphatic heterocycles. The molecule has 6 aliphatic rings. The van der Waals surface area contributed by atoms with E-state index in [1.807, 2.05) is 21.9 Å². The van der Waals surface area contributed by atoms with Crippen molar-refractivity contribution in [3.05, 3.63) is 162 Å². The molecule has 4 atom stereocenters. The van der Waals surface area contributed by atoms with Gasteiger partial charge in [0.2, 0.25) is 11.8 Å². The molecular weight excluding hydrogens is 1110 g/mol. The third-order valence-corrected chi connectivity index (χ3v) is 20.0. The number of rotatable bonds is 20. The minimum Gasteiger partial charge on any atom is -0.323 e. The molecule has 3 aromatic carbocycles. The summed E-state index contributed by atoms with van der Waals surface area (Å²) in [5.41, 5.74) is 7.50. The van der Waals surface area contributed by atoms with Crippen LogP contribution in [0.25, 0.3) is 0 Å². The van der Waals surface area contributed by atoms with Crippen LogP contribution in [0.2, 0.25) is 0 Å². The number of carbonyl (C=O) groups is 2. The molecule has 4 fully saturated rings. The number of anilines is 2. The first-order valence-electron chi connectivity index (χ1n) is 32.6. The van der Waals surface area contributed by atoms with E-state index in [0.29, 0.717) is 62.0 Å². The lowest BCUT2D eigenvalue weighted by Gasteiger charge is -2.43. The second-order valence-corrected chi connectivity index (χ2v) is 28.6. The predicted octanol–water partition coefficient (Wildman–Crippen LogP) is 6.78. The summed E-state index contributed by atoms with van der Waals surface area (Å²) in [5.74, 6) is 0.750. The lowest BCUT2D eigenvalue weighted by atomic mass is 9.91. The molecule has 2 aromatic heterocycles. The van der Waals surface area contributed by atoms with Gasteiger partial charge in [-0.3, -0.25) is 29.0 Å². The molecule has 2 amide bonds. The van der Waals surface area contributed by atoms with Crippen LogP contribution in [-0.2, 0) is 46.4 Å². The van der Waals surface area contributed by atoms with Crippen LogP contribution >= 0.6 is 0 Å². The standard InChI is InChI=1S/C70H96F2N12O4/c1-47-35-81(43-63(85)83-45-69(3,4)65-61(83)31-55(67(87)75-65)29-49-13-17-57(71)18-14-49)59(33-73-47)41-79-25-21-53(22-26-79)39-77(7)37-51-9-11-52(12-10-51)38-78(8)40-54-23-27-80(28-24-54)42-60-34-74-48(2)36-82(60)44-64(86)84-46-70(5,6)66-62(84)32-56(68(88)76-66)30-50-15-19-58(72)20-16-50/h9-20,31-32,47-48,53-54,59-60,73-74H,21-30,33-46H2,1-8H3,(H,75,87)(H,76,88)/t47-,48-,59-,60-/m1/s1. The topological polar surface area (TPSA) is 150 Å². The molecule has 5 aromatic rings. The van der Waals surface area contributed by atoms with Gasteiger partial charge in [-0.2, -0.15) is 0 Å². The van der Waals surface area contributed by atoms with Crippen LogP contribution in [0, 0.1) is 23.5 Å². The Bertz CT molecular complexity index is 3120. The first-order valence-corrected chi connectivity index (χ1v) is 32.6. The van der Waals surface area contributed by atoms with E-state index in [0.717, 1.165) is 151 Å². The number of halogens is 2. The van der Waals surface area contributed by atoms with Crippen molar-refractivity contribution in [3.8, 4) is 0 Å². The summed E-state index contributed by atoms with van der Waals surface area (Å²) < 4.78 is 27.3. The lowest BCUT2D eigenvalue weighted by Crippen LogP contribution is -2.61. The number of aromatic nitrogens is 2. The molecule has 0 saturated carbocycles. The highest BCUT2D eigenvalue weighted by Gasteiger charge is 2.43. The largest absolute Gasteiger partial charge is 0.323 e. The van der Waals surface area contributed by atoms with E-state index in [4.69, 9.17) is 0 Å². The third-order valence-electron chi connectivity index (χ3n) is 20.0. The molecule has 18 heteroatoms. The maximum Gasteiger partial charge on any atom is 0.251 e. The Hall–Kier alpha value is -5.96. The summed E-state index contributed by atoms with van der Waals surface area (Å²) in [4.78, 5) is 80.3. The van der Waals surface area contributed by atoms with Crippen molar-refractivity contribution in [3.63, 3.8) is 0 Å². The Morgan fingerprint density at radius 1 is 0.545 bits per heavy atom. The molecular formula is C70H96F2N12O4. The molecule has 0 bridgehead atoms. The van der Waals surface area contributed by atoms with Gasteiger partial charge in [0.15, 0.2) is 0 Å². The highest BCUT2D eigenvalue weighted by Crippen LogP contribution is 2.41. The number of fused-ring (bicyclic) bond motifs is 2. The molecule has 8 heterocycles. The zero-order chi connectivity index (χ0) is 62.0. The van der Waals surface area contributed by atoms with Crippen molar-refractivity contribution in [1.82, 2.24) is 50.0 Å². The monoisotopic (exact) mass is 1210 g/mol. The van der Waals surface area contributed by atoms with Crippen LogP contribution in [0.3, 0.4) is 0 Å². The Kier molecular flexibility index (Phi) is 19.7. The smallest absolute Gasteiger partial charge is 0.251 e. The highest BCUT2D eigenvalue weighted by atomic mass is 19.1. The van der Waals surface area contributed by atoms with Gasteiger partial charge in [0.25, 0.3) is 11.1 Å². The van der Waals surface area contributed by atoms with E-state index in [1.54, 1.807) is 24.3 Å². The van der Waals surface area contributed by atoms with Gasteiger partial charge in [-0.05, 0) is 150 Å². The van der Waals surface area contributed by atoms with Crippen LogP contribution in [0.4, 0.5) is 20.2 Å². The fourth-order valence-electron chi connectivity index (χ4n) is 15.1. The van der Waals surface area contributed by atoms with Crippen LogP contribution in [0.1, 0.15) is 112 Å². The quantitative estimate of drug-likeness (QED) is 0.0651. The van der Waals surface area contributed by atoms with E-state index >= 15 is 0 Å². The first kappa shape index (κ1) is 63.6. The van der Waals surface area contributed by atoms with Crippen molar-refractivity contribution >= 4 is 23.2 Å². The van der Waals surface area contributed by atoms with Crippen molar-refractivity contribution in [2.75, 3.05) is 129 Å². The Balaban J connectivity index is 0.596. The SMILES string of the molecule is C[C@@H]1CN(CC(=O)N2CC(C)(C)c3[nH]c(=O)c(Cc4ccc(F)cc4)cc32)[C@@H](CN2CCC(CN(C)Cc3ccc(CN(C)CC4CCN(C[C@H]5CN[C@H](C)CN5CC(=O)N5CC(C)(C)c6[nH]c(=O)c(Cc7ccc(F)cc7)cc65)CC4)cc3)CC2)CN1. The molecule has 16 nitrogen and oxygen atoms in total. The number of hydrogen-bond acceptors (Lipinski definition) is 12. The lowest BCUT2D eigenvalue weighted by molar-refractivity contribution is -0.121. The van der Waals surface area contributed by atoms with E-state index in [-0.39, 0.29) is 58.7 Å². The Morgan fingerprint density at radius 2 is 0.898 bits per heavy atom. The number of benzene rings is 3. The number of piperazine rings is 2. The van der Waals surface area contributed by atoms with Gasteiger partial charge in [-0.1, -0.05) is 76.2 Å². The summed E-state index contributed by atoms with van der Waals surface area (Å²) in [6.07, 6.45) is 5.35. The predicted molar refractivity (Wildman–Crippen MR) is 346 cm³/mol. The van der Waals surface area contributed by atoms with E-state index < -0.39 is 10.8 Å². The molecule has 88 heavy (non-hydrogen) atoms. The molecule has 0 unspecified atom stereocenters. The molecule has 0 radical (unpaired) electrons. The third kappa shape index (κ3) is 15.4. The van der Waals surface area contributed by atoms with Gasteiger partial charge in [0.05, 0.1) is 24.5 Å². The highest BCUT2D eigenvalue weighted by molar-refractivity contribution is 5.98. The summed E-state index contributed by atoms with van der Waals surface area (Å²) >= 11 is 0. The number of amides is 2. The fraction of sp³-hybridized carbons (Fsp3) is 0.571. The summed E-state index contributed by atoms with van der Waals surface area (Å²) in [6.45, 7) is 27.6. The minimum absolute atomic E-state index is 0.0497. The van der Waals surface area contributed by atoms with Crippen LogP contribution in [-0.4, -0.2) is 194 Å². The van der Waals surface area contributed by atoms with E-state index in [2.05, 4.69) is 130 Å². The van der Waals surface area contributed by atoms with Gasteiger partial charge >= 0.3 is 0 Å². The number of hydrogen-bond donors (Lipinski definition) is 4. The number of likely N-dealkylation sites (tertiary alicyclic amines) is 2. The molecule has 4 N–H and O–H groups in total. The van der Waals surface area contributed by atoms with Gasteiger partial charge in [0, 0.05) is 149 Å². The number of nitrogens with zero attached hydrogens (tertiary/aromatic N) is 8. The van der Waals surface area contributed by atoms with Gasteiger partial charge < -0.3 is 50.0 Å². The van der Waals surface area contributed by atoms with Crippen molar-refractivity contribution in [2.24, 2.45) is 11.8 Å². The average molecular weight is 1210 g/mol. The van der Waals surface area contributed by atoms with Gasteiger partial charge in [-0.25, -0.2) is 8.78 Å². The average Bonchev–Trinajstić information content (AvgIpc) is 1.72. The molecule has 4 saturated heterocycles. The van der Waals surface area contributed by atoms with Crippen LogP contribution in [0.5, 0.6) is 0 Å². The van der Waals surface area contributed by atoms with Crippen LogP contribution < -0.4 is 31.6 Å². The first-order chi connectivity index (χ1) is 42.1. The number of pyridine rings is 2. The Morgan fingerprint density at radius 3 is 1.26 bits per heavy atom. The second-order valence-electron chi connectivity index (χ2n) is 28.6. The summed E-state index contributed by atoms with van der Waals surface area (Å²) in [7, 11) is 4.51. The minimum atomic E-state index is -0.400. The molecule has 0 spiro atoms. The number of nitrogens with one attached hydrogen (secondary N) is 4. The van der Waals surface area contributed by atoms with Crippen LogP contribution in [0.15, 0.2) is 94.5 Å². The van der Waals surface area contributed by atoms with Crippen molar-refractivity contribution < 1.29 is 18.4 Å². The summed E-state index contributed by atoms with van der Waals surface area (Å²) in [6, 6.07) is 26.4. The zero-order valence-corrected chi connectivity index (χ0v) is 53.5. The molecule has 11 rings (SSSR count). The van der Waals surface area contributed by atoms with Gasteiger partial charge in [0.1, 0.15) is 11.6 Å². The summed E-state index contributed by atoms with van der Waals surface area (Å²) in [5, 5.41) is 7.39. The van der Waals surface area contributed by atoms with E-state index in [9.17, 15) is 28.0 Å². The number of H-pyrrole nitrogens is 2. The van der Waals surface area contributed by atoms with Gasteiger partial charge in [-0.15, -0.1) is 0 Å². The maximum atomic E-state index is 14.4. The number of piperidine rings is 2. The van der Waals surface area contributed by atoms with Crippen molar-refractivity contribution in [2.45, 2.75) is 128 Å². The van der Waals surface area contributed by atoms with E-state index in [1.165, 1.54) is 35.4 Å². The number of carbonyl (C=O) groups excluding carboxylic acids is 2. The molecule has 474 valence electrons. The second kappa shape index (κ2) is 27.2. The Labute approximate surface area is 520 Å². The molecule has 0 aliphatic carbocycles.